The van der Waals surface area contributed by atoms with E-state index in [1.807, 2.05) is 67.3 Å². The number of nitrogens with one attached hydrogen (secondary N) is 1. The summed E-state index contributed by atoms with van der Waals surface area (Å²) < 4.78 is 0. The standard InChI is InChI=1S/C23H28ClN3O2/c1-17-5-3-4-6-20(17)15-22(28)27-13-11-26(12-14-27)18(2)23(29)25-16-19-7-9-21(24)10-8-19/h3-10,18H,11-16H2,1-2H3,(H,25,29). The molecule has 0 aliphatic carbocycles. The zero-order chi connectivity index (χ0) is 20.8. The lowest BCUT2D eigenvalue weighted by molar-refractivity contribution is -0.133. The van der Waals surface area contributed by atoms with Crippen LogP contribution in [0.5, 0.6) is 0 Å². The van der Waals surface area contributed by atoms with Gasteiger partial charge >= 0.3 is 0 Å². The maximum Gasteiger partial charge on any atom is 0.237 e. The third-order valence-electron chi connectivity index (χ3n) is 5.58. The van der Waals surface area contributed by atoms with E-state index in [4.69, 9.17) is 11.6 Å². The smallest absolute Gasteiger partial charge is 0.237 e. The number of nitrogens with zero attached hydrogens (tertiary/aromatic N) is 2. The molecule has 5 nitrogen and oxygen atoms in total. The highest BCUT2D eigenvalue weighted by Crippen LogP contribution is 2.13. The molecule has 0 saturated carbocycles. The van der Waals surface area contributed by atoms with Crippen LogP contribution in [0.3, 0.4) is 0 Å². The van der Waals surface area contributed by atoms with Gasteiger partial charge in [-0.2, -0.15) is 0 Å². The maximum absolute atomic E-state index is 12.6. The van der Waals surface area contributed by atoms with Crippen LogP contribution in [0.1, 0.15) is 23.6 Å². The van der Waals surface area contributed by atoms with Crippen molar-refractivity contribution in [3.05, 3.63) is 70.2 Å². The molecule has 2 amide bonds. The van der Waals surface area contributed by atoms with Crippen molar-refractivity contribution in [1.29, 1.82) is 0 Å². The number of amides is 2. The Bertz CT molecular complexity index is 845. The minimum atomic E-state index is -0.226. The van der Waals surface area contributed by atoms with Crippen LogP contribution < -0.4 is 5.32 Å². The summed E-state index contributed by atoms with van der Waals surface area (Å²) in [6.45, 7) is 7.14. The molecule has 0 radical (unpaired) electrons. The highest BCUT2D eigenvalue weighted by molar-refractivity contribution is 6.30. The largest absolute Gasteiger partial charge is 0.351 e. The van der Waals surface area contributed by atoms with E-state index >= 15 is 0 Å². The van der Waals surface area contributed by atoms with Gasteiger partial charge in [0, 0.05) is 37.7 Å². The fourth-order valence-electron chi connectivity index (χ4n) is 3.55. The average molecular weight is 414 g/mol. The second kappa shape index (κ2) is 9.90. The summed E-state index contributed by atoms with van der Waals surface area (Å²) in [4.78, 5) is 29.2. The molecule has 0 spiro atoms. The quantitative estimate of drug-likeness (QED) is 0.791. The molecule has 1 atom stereocenters. The van der Waals surface area contributed by atoms with Crippen LogP contribution in [-0.4, -0.2) is 53.8 Å². The van der Waals surface area contributed by atoms with E-state index in [9.17, 15) is 9.59 Å². The summed E-state index contributed by atoms with van der Waals surface area (Å²) in [7, 11) is 0. The van der Waals surface area contributed by atoms with E-state index in [1.54, 1.807) is 0 Å². The van der Waals surface area contributed by atoms with Gasteiger partial charge in [-0.1, -0.05) is 48.0 Å². The first kappa shape index (κ1) is 21.3. The SMILES string of the molecule is Cc1ccccc1CC(=O)N1CCN(C(C)C(=O)NCc2ccc(Cl)cc2)CC1. The molecule has 1 aliphatic rings. The predicted octanol–water partition coefficient (Wildman–Crippen LogP) is 3.04. The molecular formula is C23H28ClN3O2. The van der Waals surface area contributed by atoms with Crippen LogP contribution in [0.25, 0.3) is 0 Å². The van der Waals surface area contributed by atoms with Gasteiger partial charge in [-0.25, -0.2) is 0 Å². The molecular weight excluding hydrogens is 386 g/mol. The second-order valence-electron chi connectivity index (χ2n) is 7.54. The van der Waals surface area contributed by atoms with Gasteiger partial charge in [0.25, 0.3) is 0 Å². The van der Waals surface area contributed by atoms with E-state index in [0.717, 1.165) is 16.7 Å². The van der Waals surface area contributed by atoms with Crippen molar-refractivity contribution in [3.8, 4) is 0 Å². The van der Waals surface area contributed by atoms with Crippen LogP contribution in [0, 0.1) is 6.92 Å². The van der Waals surface area contributed by atoms with Crippen molar-refractivity contribution in [2.75, 3.05) is 26.2 Å². The number of carbonyl (C=O) groups is 2. The van der Waals surface area contributed by atoms with Crippen molar-refractivity contribution in [2.45, 2.75) is 32.9 Å². The summed E-state index contributed by atoms with van der Waals surface area (Å²) in [5, 5.41) is 3.67. The zero-order valence-corrected chi connectivity index (χ0v) is 17.8. The molecule has 2 aromatic rings. The average Bonchev–Trinajstić information content (AvgIpc) is 2.74. The van der Waals surface area contributed by atoms with Crippen molar-refractivity contribution in [2.24, 2.45) is 0 Å². The number of rotatable bonds is 6. The normalized spacial score (nSPS) is 15.8. The Morgan fingerprint density at radius 2 is 1.69 bits per heavy atom. The Morgan fingerprint density at radius 1 is 1.03 bits per heavy atom. The van der Waals surface area contributed by atoms with Crippen LogP contribution >= 0.6 is 11.6 Å². The van der Waals surface area contributed by atoms with Crippen LogP contribution in [-0.2, 0) is 22.6 Å². The number of carbonyl (C=O) groups excluding carboxylic acids is 2. The number of piperazine rings is 1. The lowest BCUT2D eigenvalue weighted by Crippen LogP contribution is -2.55. The number of aryl methyl sites for hydroxylation is 1. The van der Waals surface area contributed by atoms with E-state index in [-0.39, 0.29) is 17.9 Å². The number of halogens is 1. The third kappa shape index (κ3) is 5.81. The molecule has 2 aromatic carbocycles. The highest BCUT2D eigenvalue weighted by atomic mass is 35.5. The number of hydrogen-bond acceptors (Lipinski definition) is 3. The van der Waals surface area contributed by atoms with E-state index in [1.165, 1.54) is 0 Å². The van der Waals surface area contributed by atoms with Crippen molar-refractivity contribution in [3.63, 3.8) is 0 Å². The van der Waals surface area contributed by atoms with Crippen LogP contribution in [0.2, 0.25) is 5.02 Å². The van der Waals surface area contributed by atoms with Crippen molar-refractivity contribution in [1.82, 2.24) is 15.1 Å². The van der Waals surface area contributed by atoms with Crippen molar-refractivity contribution >= 4 is 23.4 Å². The molecule has 1 N–H and O–H groups in total. The van der Waals surface area contributed by atoms with Gasteiger partial charge in [0.1, 0.15) is 0 Å². The molecule has 1 saturated heterocycles. The summed E-state index contributed by atoms with van der Waals surface area (Å²) in [6.07, 6.45) is 0.434. The van der Waals surface area contributed by atoms with Gasteiger partial charge in [0.2, 0.25) is 11.8 Å². The highest BCUT2D eigenvalue weighted by Gasteiger charge is 2.27. The third-order valence-corrected chi connectivity index (χ3v) is 5.83. The van der Waals surface area contributed by atoms with Gasteiger partial charge in [-0.3, -0.25) is 14.5 Å². The first-order valence-corrected chi connectivity index (χ1v) is 10.4. The van der Waals surface area contributed by atoms with Crippen LogP contribution in [0.15, 0.2) is 48.5 Å². The first-order valence-electron chi connectivity index (χ1n) is 10.0. The molecule has 1 aliphatic heterocycles. The Hall–Kier alpha value is -2.37. The number of benzene rings is 2. The first-order chi connectivity index (χ1) is 13.9. The summed E-state index contributed by atoms with van der Waals surface area (Å²) in [6, 6.07) is 15.2. The minimum absolute atomic E-state index is 0.000336. The van der Waals surface area contributed by atoms with Gasteiger partial charge < -0.3 is 10.2 Å². The molecule has 1 unspecified atom stereocenters. The van der Waals surface area contributed by atoms with Crippen LogP contribution in [0.4, 0.5) is 0 Å². The fourth-order valence-corrected chi connectivity index (χ4v) is 3.67. The molecule has 1 fully saturated rings. The lowest BCUT2D eigenvalue weighted by atomic mass is 10.0. The summed E-state index contributed by atoms with van der Waals surface area (Å²) in [5.74, 6) is 0.151. The van der Waals surface area contributed by atoms with E-state index < -0.39 is 0 Å². The van der Waals surface area contributed by atoms with Gasteiger partial charge in [0.05, 0.1) is 12.5 Å². The molecule has 6 heteroatoms. The fraction of sp³-hybridized carbons (Fsp3) is 0.391. The van der Waals surface area contributed by atoms with Gasteiger partial charge in [0.15, 0.2) is 0 Å². The van der Waals surface area contributed by atoms with Crippen molar-refractivity contribution < 1.29 is 9.59 Å². The molecule has 154 valence electrons. The number of hydrogen-bond donors (Lipinski definition) is 1. The van der Waals surface area contributed by atoms with E-state index in [2.05, 4.69) is 10.2 Å². The van der Waals surface area contributed by atoms with E-state index in [0.29, 0.717) is 44.2 Å². The molecule has 3 rings (SSSR count). The summed E-state index contributed by atoms with van der Waals surface area (Å²) >= 11 is 5.89. The molecule has 29 heavy (non-hydrogen) atoms. The lowest BCUT2D eigenvalue weighted by Gasteiger charge is -2.37. The Morgan fingerprint density at radius 3 is 2.34 bits per heavy atom. The Kier molecular flexibility index (Phi) is 7.29. The topological polar surface area (TPSA) is 52.7 Å². The molecule has 0 bridgehead atoms. The molecule has 0 aromatic heterocycles. The maximum atomic E-state index is 12.6. The minimum Gasteiger partial charge on any atom is -0.351 e. The van der Waals surface area contributed by atoms with Gasteiger partial charge in [-0.05, 0) is 42.7 Å². The second-order valence-corrected chi connectivity index (χ2v) is 7.98. The summed E-state index contributed by atoms with van der Waals surface area (Å²) in [5.41, 5.74) is 3.24. The molecule has 1 heterocycles. The Labute approximate surface area is 177 Å². The Balaban J connectivity index is 1.45. The zero-order valence-electron chi connectivity index (χ0n) is 17.0. The van der Waals surface area contributed by atoms with Gasteiger partial charge in [-0.15, -0.1) is 0 Å². The predicted molar refractivity (Wildman–Crippen MR) is 116 cm³/mol. The monoisotopic (exact) mass is 413 g/mol.